The fraction of sp³-hybridized carbons (Fsp3) is 0.545. The van der Waals surface area contributed by atoms with Crippen molar-refractivity contribution < 1.29 is 4.74 Å². The molecule has 0 aliphatic carbocycles. The molecule has 0 bridgehead atoms. The summed E-state index contributed by atoms with van der Waals surface area (Å²) in [5.74, 6) is 1.79. The van der Waals surface area contributed by atoms with Gasteiger partial charge in [0, 0.05) is 31.9 Å². The van der Waals surface area contributed by atoms with E-state index in [1.54, 1.807) is 0 Å². The summed E-state index contributed by atoms with van der Waals surface area (Å²) in [6, 6.07) is 10.4. The highest BCUT2D eigenvalue weighted by atomic mass is 127. The molecule has 0 saturated carbocycles. The number of ether oxygens (including phenoxy) is 1. The molecule has 29 heavy (non-hydrogen) atoms. The summed E-state index contributed by atoms with van der Waals surface area (Å²) in [5, 5.41) is 11.2. The second kappa shape index (κ2) is 13.5. The Morgan fingerprint density at radius 2 is 1.90 bits per heavy atom. The maximum Gasteiger partial charge on any atom is 0.191 e. The summed E-state index contributed by atoms with van der Waals surface area (Å²) in [6.07, 6.45) is 2.11. The lowest BCUT2D eigenvalue weighted by Gasteiger charge is -2.12. The Hall–Kier alpha value is -1.77. The van der Waals surface area contributed by atoms with Gasteiger partial charge in [0.1, 0.15) is 5.75 Å². The van der Waals surface area contributed by atoms with Crippen LogP contribution >= 0.6 is 24.0 Å². The van der Waals surface area contributed by atoms with Crippen LogP contribution in [0.15, 0.2) is 35.3 Å². The van der Waals surface area contributed by atoms with E-state index in [-0.39, 0.29) is 30.1 Å². The first-order valence-electron chi connectivity index (χ1n) is 10.3. The van der Waals surface area contributed by atoms with E-state index in [4.69, 9.17) is 4.74 Å². The second-order valence-corrected chi connectivity index (χ2v) is 7.25. The van der Waals surface area contributed by atoms with Crippen molar-refractivity contribution >= 4 is 29.9 Å². The van der Waals surface area contributed by atoms with Gasteiger partial charge in [-0.2, -0.15) is 5.10 Å². The van der Waals surface area contributed by atoms with E-state index in [0.717, 1.165) is 56.4 Å². The van der Waals surface area contributed by atoms with Crippen LogP contribution in [-0.2, 0) is 13.0 Å². The van der Waals surface area contributed by atoms with Gasteiger partial charge in [-0.25, -0.2) is 0 Å². The molecule has 2 N–H and O–H groups in total. The number of benzene rings is 1. The van der Waals surface area contributed by atoms with E-state index in [2.05, 4.69) is 57.5 Å². The number of nitrogens with one attached hydrogen (secondary N) is 2. The number of rotatable bonds is 10. The number of aryl methyl sites for hydroxylation is 3. The van der Waals surface area contributed by atoms with Crippen molar-refractivity contribution in [3.8, 4) is 5.75 Å². The predicted molar refractivity (Wildman–Crippen MR) is 132 cm³/mol. The number of aliphatic imine (C=N–C) groups is 1. The van der Waals surface area contributed by atoms with Crippen molar-refractivity contribution in [2.45, 2.75) is 60.1 Å². The number of halogens is 1. The Morgan fingerprint density at radius 1 is 1.17 bits per heavy atom. The van der Waals surface area contributed by atoms with Gasteiger partial charge in [-0.3, -0.25) is 9.67 Å². The first-order chi connectivity index (χ1) is 13.5. The minimum Gasteiger partial charge on any atom is -0.491 e. The van der Waals surface area contributed by atoms with Crippen LogP contribution in [0.25, 0.3) is 0 Å². The molecule has 162 valence electrons. The average Bonchev–Trinajstić information content (AvgIpc) is 2.97. The topological polar surface area (TPSA) is 63.5 Å². The van der Waals surface area contributed by atoms with Gasteiger partial charge in [-0.1, -0.05) is 12.1 Å². The highest BCUT2D eigenvalue weighted by Crippen LogP contribution is 2.13. The maximum atomic E-state index is 5.69. The number of hydrogen-bond acceptors (Lipinski definition) is 3. The van der Waals surface area contributed by atoms with Crippen LogP contribution in [-0.4, -0.2) is 41.5 Å². The molecule has 0 aliphatic rings. The van der Waals surface area contributed by atoms with Crippen LogP contribution in [0.3, 0.4) is 0 Å². The first kappa shape index (κ1) is 25.3. The average molecular weight is 513 g/mol. The lowest BCUT2D eigenvalue weighted by Crippen LogP contribution is -2.38. The molecule has 0 radical (unpaired) electrons. The monoisotopic (exact) mass is 513 g/mol. The summed E-state index contributed by atoms with van der Waals surface area (Å²) in [7, 11) is 0. The molecular formula is C22H36IN5O. The SMILES string of the molecule is CCNC(=NCCCn1nc(C)cc1C)NCCc1ccc(OC(C)C)cc1.I. The van der Waals surface area contributed by atoms with Crippen LogP contribution in [0, 0.1) is 13.8 Å². The lowest BCUT2D eigenvalue weighted by atomic mass is 10.1. The maximum absolute atomic E-state index is 5.69. The zero-order valence-electron chi connectivity index (χ0n) is 18.4. The molecule has 6 nitrogen and oxygen atoms in total. The summed E-state index contributed by atoms with van der Waals surface area (Å²) < 4.78 is 7.74. The second-order valence-electron chi connectivity index (χ2n) is 7.25. The van der Waals surface area contributed by atoms with Crippen molar-refractivity contribution in [1.29, 1.82) is 0 Å². The Labute approximate surface area is 192 Å². The van der Waals surface area contributed by atoms with Gasteiger partial charge in [0.05, 0.1) is 11.8 Å². The molecule has 2 aromatic rings. The van der Waals surface area contributed by atoms with Gasteiger partial charge in [-0.15, -0.1) is 24.0 Å². The molecule has 0 saturated heterocycles. The molecule has 1 aromatic carbocycles. The number of guanidine groups is 1. The van der Waals surface area contributed by atoms with E-state index in [1.165, 1.54) is 11.3 Å². The number of nitrogens with zero attached hydrogens (tertiary/aromatic N) is 3. The third-order valence-corrected chi connectivity index (χ3v) is 4.25. The minimum absolute atomic E-state index is 0. The van der Waals surface area contributed by atoms with E-state index in [0.29, 0.717) is 0 Å². The molecule has 0 fully saturated rings. The Balaban J connectivity index is 0.00000420. The fourth-order valence-corrected chi connectivity index (χ4v) is 2.99. The van der Waals surface area contributed by atoms with Gasteiger partial charge < -0.3 is 15.4 Å². The minimum atomic E-state index is 0. The standard InChI is InChI=1S/C22H35N5O.HI/c1-6-23-22(24-13-7-15-27-19(5)16-18(4)26-27)25-14-12-20-8-10-21(11-9-20)28-17(2)3;/h8-11,16-17H,6-7,12-15H2,1-5H3,(H2,23,24,25);1H. The zero-order chi connectivity index (χ0) is 20.4. The van der Waals surface area contributed by atoms with Gasteiger partial charge in [-0.05, 0) is 71.2 Å². The molecule has 2 rings (SSSR count). The van der Waals surface area contributed by atoms with Gasteiger partial charge in [0.2, 0.25) is 0 Å². The van der Waals surface area contributed by atoms with Crippen LogP contribution in [0.2, 0.25) is 0 Å². The van der Waals surface area contributed by atoms with Crippen molar-refractivity contribution in [3.05, 3.63) is 47.3 Å². The molecule has 7 heteroatoms. The largest absolute Gasteiger partial charge is 0.491 e. The Kier molecular flexibility index (Phi) is 11.7. The Bertz CT molecular complexity index is 740. The third kappa shape index (κ3) is 9.51. The number of aromatic nitrogens is 2. The van der Waals surface area contributed by atoms with Gasteiger partial charge >= 0.3 is 0 Å². The highest BCUT2D eigenvalue weighted by molar-refractivity contribution is 14.0. The van der Waals surface area contributed by atoms with E-state index in [9.17, 15) is 0 Å². The van der Waals surface area contributed by atoms with Crippen molar-refractivity contribution in [3.63, 3.8) is 0 Å². The molecule has 1 aromatic heterocycles. The van der Waals surface area contributed by atoms with E-state index in [1.807, 2.05) is 32.9 Å². The smallest absolute Gasteiger partial charge is 0.191 e. The highest BCUT2D eigenvalue weighted by Gasteiger charge is 2.02. The summed E-state index contributed by atoms with van der Waals surface area (Å²) >= 11 is 0. The van der Waals surface area contributed by atoms with Crippen LogP contribution in [0.4, 0.5) is 0 Å². The summed E-state index contributed by atoms with van der Waals surface area (Å²) in [4.78, 5) is 4.68. The van der Waals surface area contributed by atoms with Crippen molar-refractivity contribution in [2.24, 2.45) is 4.99 Å². The molecule has 1 heterocycles. The molecule has 0 spiro atoms. The summed E-state index contributed by atoms with van der Waals surface area (Å²) in [5.41, 5.74) is 3.56. The van der Waals surface area contributed by atoms with Crippen molar-refractivity contribution in [1.82, 2.24) is 20.4 Å². The third-order valence-electron chi connectivity index (χ3n) is 4.25. The molecule has 0 unspecified atom stereocenters. The lowest BCUT2D eigenvalue weighted by molar-refractivity contribution is 0.242. The first-order valence-corrected chi connectivity index (χ1v) is 10.3. The van der Waals surface area contributed by atoms with Gasteiger partial charge in [0.25, 0.3) is 0 Å². The van der Waals surface area contributed by atoms with Crippen LogP contribution in [0.1, 0.15) is 44.1 Å². The quantitative estimate of drug-likeness (QED) is 0.218. The van der Waals surface area contributed by atoms with Crippen LogP contribution < -0.4 is 15.4 Å². The fourth-order valence-electron chi connectivity index (χ4n) is 2.99. The van der Waals surface area contributed by atoms with Crippen molar-refractivity contribution in [2.75, 3.05) is 19.6 Å². The predicted octanol–water partition coefficient (Wildman–Crippen LogP) is 4.09. The van der Waals surface area contributed by atoms with E-state index >= 15 is 0 Å². The molecule has 0 aliphatic heterocycles. The summed E-state index contributed by atoms with van der Waals surface area (Å²) in [6.45, 7) is 13.6. The molecule has 0 atom stereocenters. The molecule has 0 amide bonds. The normalized spacial score (nSPS) is 11.3. The zero-order valence-corrected chi connectivity index (χ0v) is 20.7. The molecular weight excluding hydrogens is 477 g/mol. The van der Waals surface area contributed by atoms with Gasteiger partial charge in [0.15, 0.2) is 5.96 Å². The number of hydrogen-bond donors (Lipinski definition) is 2. The Morgan fingerprint density at radius 3 is 2.48 bits per heavy atom. The van der Waals surface area contributed by atoms with E-state index < -0.39 is 0 Å². The van der Waals surface area contributed by atoms with Crippen LogP contribution in [0.5, 0.6) is 5.75 Å².